The lowest BCUT2D eigenvalue weighted by Crippen LogP contribution is -2.34. The third-order valence-corrected chi connectivity index (χ3v) is 4.80. The molecule has 0 spiro atoms. The van der Waals surface area contributed by atoms with Crippen LogP contribution in [0, 0.1) is 6.92 Å². The van der Waals surface area contributed by atoms with Crippen molar-refractivity contribution in [2.45, 2.75) is 31.7 Å². The van der Waals surface area contributed by atoms with Crippen LogP contribution in [0.15, 0.2) is 32.6 Å². The van der Waals surface area contributed by atoms with E-state index < -0.39 is 5.41 Å². The maximum atomic E-state index is 12.5. The van der Waals surface area contributed by atoms with E-state index in [4.69, 9.17) is 9.05 Å². The van der Waals surface area contributed by atoms with E-state index in [0.717, 1.165) is 17.7 Å². The molecule has 3 aromatic heterocycles. The average molecular weight is 330 g/mol. The molecular weight excluding hydrogens is 316 g/mol. The van der Waals surface area contributed by atoms with Gasteiger partial charge in [0.25, 0.3) is 0 Å². The number of amides is 1. The Hall–Kier alpha value is -2.48. The third-order valence-electron chi connectivity index (χ3n) is 3.92. The van der Waals surface area contributed by atoms with Crippen molar-refractivity contribution in [1.82, 2.24) is 20.6 Å². The van der Waals surface area contributed by atoms with Crippen LogP contribution in [-0.4, -0.2) is 21.2 Å². The predicted octanol–water partition coefficient (Wildman–Crippen LogP) is 2.44. The van der Waals surface area contributed by atoms with Gasteiger partial charge in [0.15, 0.2) is 11.6 Å². The van der Waals surface area contributed by atoms with Crippen LogP contribution in [-0.2, 0) is 16.8 Å². The summed E-state index contributed by atoms with van der Waals surface area (Å²) in [5, 5.41) is 12.6. The molecule has 3 aromatic rings. The summed E-state index contributed by atoms with van der Waals surface area (Å²) in [6, 6.07) is 5.77. The molecule has 3 heterocycles. The van der Waals surface area contributed by atoms with Crippen LogP contribution in [0.25, 0.3) is 10.6 Å². The van der Waals surface area contributed by atoms with Crippen molar-refractivity contribution in [1.29, 1.82) is 0 Å². The molecule has 0 unspecified atom stereocenters. The van der Waals surface area contributed by atoms with Crippen LogP contribution in [0.2, 0.25) is 0 Å². The maximum Gasteiger partial charge on any atom is 0.246 e. The number of nitrogens with zero attached hydrogens (tertiary/aromatic N) is 3. The van der Waals surface area contributed by atoms with Crippen LogP contribution >= 0.6 is 11.3 Å². The van der Waals surface area contributed by atoms with Gasteiger partial charge in [0.05, 0.1) is 22.5 Å². The largest absolute Gasteiger partial charge is 0.355 e. The van der Waals surface area contributed by atoms with Gasteiger partial charge in [-0.3, -0.25) is 4.79 Å². The summed E-state index contributed by atoms with van der Waals surface area (Å²) in [6.07, 6.45) is 1.52. The van der Waals surface area contributed by atoms with Crippen LogP contribution in [0.5, 0.6) is 0 Å². The van der Waals surface area contributed by atoms with Gasteiger partial charge in [-0.15, -0.1) is 11.3 Å². The van der Waals surface area contributed by atoms with Crippen LogP contribution < -0.4 is 5.32 Å². The van der Waals surface area contributed by atoms with Gasteiger partial charge in [-0.1, -0.05) is 16.4 Å². The number of thiophene rings is 1. The lowest BCUT2D eigenvalue weighted by molar-refractivity contribution is -0.124. The highest BCUT2D eigenvalue weighted by atomic mass is 32.1. The van der Waals surface area contributed by atoms with Gasteiger partial charge in [-0.2, -0.15) is 4.98 Å². The first-order chi connectivity index (χ1) is 11.2. The maximum absolute atomic E-state index is 12.5. The molecule has 7 nitrogen and oxygen atoms in total. The molecule has 1 N–H and O–H groups in total. The van der Waals surface area contributed by atoms with Crippen molar-refractivity contribution in [3.05, 3.63) is 41.0 Å². The molecule has 1 fully saturated rings. The molecule has 0 bridgehead atoms. The lowest BCUT2D eigenvalue weighted by Gasteiger charge is -2.10. The Bertz CT molecular complexity index is 833. The number of hydrogen-bond donors (Lipinski definition) is 1. The van der Waals surface area contributed by atoms with Crippen LogP contribution in [0.1, 0.15) is 30.3 Å². The van der Waals surface area contributed by atoms with Crippen molar-refractivity contribution in [3.63, 3.8) is 0 Å². The van der Waals surface area contributed by atoms with Crippen molar-refractivity contribution >= 4 is 17.2 Å². The molecule has 0 aliphatic heterocycles. The minimum Gasteiger partial charge on any atom is -0.355 e. The van der Waals surface area contributed by atoms with Crippen molar-refractivity contribution in [3.8, 4) is 10.6 Å². The zero-order chi connectivity index (χ0) is 15.9. The van der Waals surface area contributed by atoms with E-state index in [2.05, 4.69) is 20.6 Å². The number of aryl methyl sites for hydroxylation is 1. The first-order valence-electron chi connectivity index (χ1n) is 7.26. The molecule has 0 radical (unpaired) electrons. The quantitative estimate of drug-likeness (QED) is 0.772. The molecule has 0 atom stereocenters. The van der Waals surface area contributed by atoms with E-state index in [0.29, 0.717) is 23.2 Å². The molecule has 1 aliphatic carbocycles. The van der Waals surface area contributed by atoms with Gasteiger partial charge in [0.2, 0.25) is 11.8 Å². The highest BCUT2D eigenvalue weighted by molar-refractivity contribution is 7.13. The van der Waals surface area contributed by atoms with Gasteiger partial charge >= 0.3 is 0 Å². The van der Waals surface area contributed by atoms with Gasteiger partial charge in [0, 0.05) is 6.07 Å². The van der Waals surface area contributed by atoms with E-state index in [-0.39, 0.29) is 12.5 Å². The van der Waals surface area contributed by atoms with Crippen molar-refractivity contribution in [2.24, 2.45) is 0 Å². The highest BCUT2D eigenvalue weighted by Gasteiger charge is 2.53. The molecule has 4 rings (SSSR count). The fourth-order valence-corrected chi connectivity index (χ4v) is 3.17. The second kappa shape index (κ2) is 5.31. The Labute approximate surface area is 135 Å². The number of hydrogen-bond acceptors (Lipinski definition) is 7. The van der Waals surface area contributed by atoms with E-state index >= 15 is 0 Å². The number of carbonyl (C=O) groups is 1. The lowest BCUT2D eigenvalue weighted by atomic mass is 10.0. The van der Waals surface area contributed by atoms with Gasteiger partial charge < -0.3 is 14.4 Å². The molecule has 1 saturated carbocycles. The minimum atomic E-state index is -0.589. The highest BCUT2D eigenvalue weighted by Crippen LogP contribution is 2.48. The number of nitrogens with one attached hydrogen (secondary N) is 1. The number of rotatable bonds is 5. The van der Waals surface area contributed by atoms with Gasteiger partial charge in [-0.05, 0) is 31.2 Å². The average Bonchev–Trinajstić information content (AvgIpc) is 2.97. The Kier molecular flexibility index (Phi) is 3.26. The summed E-state index contributed by atoms with van der Waals surface area (Å²) < 4.78 is 10.4. The van der Waals surface area contributed by atoms with E-state index in [1.165, 1.54) is 0 Å². The number of aromatic nitrogens is 3. The summed E-state index contributed by atoms with van der Waals surface area (Å²) in [4.78, 5) is 17.6. The zero-order valence-electron chi connectivity index (χ0n) is 12.4. The topological polar surface area (TPSA) is 94.1 Å². The third kappa shape index (κ3) is 2.55. The molecule has 1 aliphatic rings. The summed E-state index contributed by atoms with van der Waals surface area (Å²) >= 11 is 1.58. The molecule has 23 heavy (non-hydrogen) atoms. The summed E-state index contributed by atoms with van der Waals surface area (Å²) in [7, 11) is 0. The first kappa shape index (κ1) is 14.1. The van der Waals surface area contributed by atoms with E-state index in [9.17, 15) is 4.79 Å². The monoisotopic (exact) mass is 330 g/mol. The Morgan fingerprint density at radius 2 is 2.26 bits per heavy atom. The summed E-state index contributed by atoms with van der Waals surface area (Å²) in [5.41, 5.74) is 0.0914. The molecule has 8 heteroatoms. The summed E-state index contributed by atoms with van der Waals surface area (Å²) in [5.74, 6) is 1.56. The SMILES string of the molecule is Cc1noc(CNC(=O)C2(c3cc(-c4cccs4)on3)CC2)n1. The van der Waals surface area contributed by atoms with E-state index in [1.54, 1.807) is 18.3 Å². The van der Waals surface area contributed by atoms with Gasteiger partial charge in [-0.25, -0.2) is 0 Å². The second-order valence-electron chi connectivity index (χ2n) is 5.55. The molecular formula is C15H14N4O3S. The minimum absolute atomic E-state index is 0.0839. The number of carbonyl (C=O) groups excluding carboxylic acids is 1. The smallest absolute Gasteiger partial charge is 0.246 e. The van der Waals surface area contributed by atoms with Crippen molar-refractivity contribution in [2.75, 3.05) is 0 Å². The van der Waals surface area contributed by atoms with Gasteiger partial charge in [0.1, 0.15) is 0 Å². The first-order valence-corrected chi connectivity index (χ1v) is 8.14. The second-order valence-corrected chi connectivity index (χ2v) is 6.50. The summed E-state index contributed by atoms with van der Waals surface area (Å²) in [6.45, 7) is 1.95. The molecule has 0 saturated heterocycles. The molecule has 1 amide bonds. The predicted molar refractivity (Wildman–Crippen MR) is 81.6 cm³/mol. The van der Waals surface area contributed by atoms with Crippen LogP contribution in [0.3, 0.4) is 0 Å². The van der Waals surface area contributed by atoms with Crippen molar-refractivity contribution < 1.29 is 13.8 Å². The molecule has 0 aromatic carbocycles. The fraction of sp³-hybridized carbons (Fsp3) is 0.333. The van der Waals surface area contributed by atoms with Crippen LogP contribution in [0.4, 0.5) is 0 Å². The zero-order valence-corrected chi connectivity index (χ0v) is 13.2. The van der Waals surface area contributed by atoms with E-state index in [1.807, 2.05) is 23.6 Å². The Balaban J connectivity index is 1.48. The Morgan fingerprint density at radius 3 is 2.91 bits per heavy atom. The standard InChI is InChI=1S/C15H14N4O3S/c1-9-17-13(22-18-9)8-16-14(20)15(4-5-15)12-7-10(21-19-12)11-3-2-6-23-11/h2-3,6-7H,4-5,8H2,1H3,(H,16,20). The fourth-order valence-electron chi connectivity index (χ4n) is 2.50. The molecule has 118 valence electrons. The Morgan fingerprint density at radius 1 is 1.39 bits per heavy atom. The normalized spacial score (nSPS) is 15.5.